The molecule has 120 valence electrons. The third kappa shape index (κ3) is 3.22. The molecule has 0 atom stereocenters. The highest BCUT2D eigenvalue weighted by molar-refractivity contribution is 6.34. The first-order valence-corrected chi connectivity index (χ1v) is 8.70. The molecular weight excluding hydrogens is 324 g/mol. The van der Waals surface area contributed by atoms with Crippen LogP contribution in [-0.4, -0.2) is 0 Å². The topological polar surface area (TPSA) is 0 Å². The van der Waals surface area contributed by atoms with Gasteiger partial charge >= 0.3 is 0 Å². The van der Waals surface area contributed by atoms with Gasteiger partial charge in [-0.05, 0) is 39.9 Å². The molecule has 0 aliphatic carbocycles. The molecule has 0 fully saturated rings. The molecule has 0 saturated carbocycles. The molecule has 0 aliphatic rings. The van der Waals surface area contributed by atoms with Gasteiger partial charge in [0, 0.05) is 10.6 Å². The largest absolute Gasteiger partial charge is 0.0836 e. The Labute approximate surface area is 153 Å². The van der Waals surface area contributed by atoms with Gasteiger partial charge in [-0.3, -0.25) is 0 Å². The summed E-state index contributed by atoms with van der Waals surface area (Å²) in [6.07, 6.45) is 0. The Bertz CT molecular complexity index is 974. The summed E-state index contributed by atoms with van der Waals surface area (Å²) >= 11 is 6.67. The fourth-order valence-corrected chi connectivity index (χ4v) is 3.40. The summed E-state index contributed by atoms with van der Waals surface area (Å²) in [4.78, 5) is 0. The summed E-state index contributed by atoms with van der Waals surface area (Å²) in [6, 6.07) is 35.5. The molecule has 0 spiro atoms. The van der Waals surface area contributed by atoms with Gasteiger partial charge in [0.2, 0.25) is 0 Å². The van der Waals surface area contributed by atoms with E-state index in [9.17, 15) is 0 Å². The van der Waals surface area contributed by atoms with E-state index in [-0.39, 0.29) is 0 Å². The molecule has 0 unspecified atom stereocenters. The van der Waals surface area contributed by atoms with Crippen molar-refractivity contribution < 1.29 is 0 Å². The SMILES string of the molecule is Clc1cc(-c2ccccc2)c(-c2ccccc2)cc1-c1ccccc1. The fourth-order valence-electron chi connectivity index (χ4n) is 3.13. The summed E-state index contributed by atoms with van der Waals surface area (Å²) in [5.41, 5.74) is 6.88. The van der Waals surface area contributed by atoms with Crippen molar-refractivity contribution in [1.82, 2.24) is 0 Å². The number of halogens is 1. The van der Waals surface area contributed by atoms with E-state index < -0.39 is 0 Å². The zero-order chi connectivity index (χ0) is 17.1. The molecule has 0 N–H and O–H groups in total. The van der Waals surface area contributed by atoms with Crippen molar-refractivity contribution in [3.05, 3.63) is 108 Å². The second kappa shape index (κ2) is 6.96. The molecule has 25 heavy (non-hydrogen) atoms. The average Bonchev–Trinajstić information content (AvgIpc) is 2.70. The van der Waals surface area contributed by atoms with Crippen LogP contribution in [-0.2, 0) is 0 Å². The third-order valence-corrected chi connectivity index (χ3v) is 4.67. The molecule has 0 amide bonds. The lowest BCUT2D eigenvalue weighted by molar-refractivity contribution is 1.56. The molecule has 0 saturated heterocycles. The van der Waals surface area contributed by atoms with Crippen LogP contribution in [0.25, 0.3) is 33.4 Å². The van der Waals surface area contributed by atoms with Crippen molar-refractivity contribution in [2.75, 3.05) is 0 Å². The van der Waals surface area contributed by atoms with Gasteiger partial charge in [-0.1, -0.05) is 103 Å². The van der Waals surface area contributed by atoms with Crippen molar-refractivity contribution in [2.45, 2.75) is 0 Å². The number of hydrogen-bond acceptors (Lipinski definition) is 0. The van der Waals surface area contributed by atoms with Gasteiger partial charge in [-0.25, -0.2) is 0 Å². The molecule has 0 bridgehead atoms. The van der Waals surface area contributed by atoms with Gasteiger partial charge in [0.25, 0.3) is 0 Å². The van der Waals surface area contributed by atoms with E-state index in [1.807, 2.05) is 30.3 Å². The van der Waals surface area contributed by atoms with Crippen LogP contribution in [0.1, 0.15) is 0 Å². The Balaban J connectivity index is 1.98. The average molecular weight is 341 g/mol. The number of hydrogen-bond donors (Lipinski definition) is 0. The van der Waals surface area contributed by atoms with E-state index in [0.717, 1.165) is 21.7 Å². The lowest BCUT2D eigenvalue weighted by atomic mass is 9.91. The predicted octanol–water partition coefficient (Wildman–Crippen LogP) is 7.34. The minimum Gasteiger partial charge on any atom is -0.0836 e. The molecular formula is C24H17Cl. The van der Waals surface area contributed by atoms with Crippen LogP contribution in [0.2, 0.25) is 5.02 Å². The molecule has 4 aromatic carbocycles. The zero-order valence-electron chi connectivity index (χ0n) is 13.7. The summed E-state index contributed by atoms with van der Waals surface area (Å²) in [5.74, 6) is 0. The van der Waals surface area contributed by atoms with Crippen LogP contribution < -0.4 is 0 Å². The molecule has 0 aromatic heterocycles. The minimum absolute atomic E-state index is 0.768. The quantitative estimate of drug-likeness (QED) is 0.366. The second-order valence-electron chi connectivity index (χ2n) is 5.98. The van der Waals surface area contributed by atoms with Gasteiger partial charge in [0.1, 0.15) is 0 Å². The van der Waals surface area contributed by atoms with E-state index in [1.54, 1.807) is 0 Å². The molecule has 0 nitrogen and oxygen atoms in total. The summed E-state index contributed by atoms with van der Waals surface area (Å²) in [6.45, 7) is 0. The molecule has 0 heterocycles. The monoisotopic (exact) mass is 340 g/mol. The normalized spacial score (nSPS) is 10.6. The standard InChI is InChI=1S/C24H17Cl/c25-24-17-22(19-12-6-2-7-13-19)21(18-10-4-1-5-11-18)16-23(24)20-14-8-3-9-15-20/h1-17H. The Morgan fingerprint density at radius 3 is 1.20 bits per heavy atom. The Kier molecular flexibility index (Phi) is 4.37. The van der Waals surface area contributed by atoms with Crippen LogP contribution in [0, 0.1) is 0 Å². The molecule has 0 radical (unpaired) electrons. The lowest BCUT2D eigenvalue weighted by Gasteiger charge is -2.15. The first kappa shape index (κ1) is 15.7. The first-order valence-electron chi connectivity index (χ1n) is 8.33. The van der Waals surface area contributed by atoms with Crippen molar-refractivity contribution in [1.29, 1.82) is 0 Å². The fraction of sp³-hybridized carbons (Fsp3) is 0. The van der Waals surface area contributed by atoms with E-state index in [2.05, 4.69) is 72.8 Å². The Morgan fingerprint density at radius 2 is 0.760 bits per heavy atom. The number of rotatable bonds is 3. The lowest BCUT2D eigenvalue weighted by Crippen LogP contribution is -1.89. The molecule has 0 aliphatic heterocycles. The second-order valence-corrected chi connectivity index (χ2v) is 6.38. The van der Waals surface area contributed by atoms with Crippen molar-refractivity contribution >= 4 is 11.6 Å². The van der Waals surface area contributed by atoms with Crippen LogP contribution >= 0.6 is 11.6 Å². The van der Waals surface area contributed by atoms with Gasteiger partial charge < -0.3 is 0 Å². The molecule has 4 aromatic rings. The highest BCUT2D eigenvalue weighted by Crippen LogP contribution is 2.39. The van der Waals surface area contributed by atoms with Crippen LogP contribution in [0.5, 0.6) is 0 Å². The minimum atomic E-state index is 0.768. The third-order valence-electron chi connectivity index (χ3n) is 4.36. The maximum absolute atomic E-state index is 6.67. The van der Waals surface area contributed by atoms with Crippen LogP contribution in [0.15, 0.2) is 103 Å². The first-order chi connectivity index (χ1) is 12.3. The van der Waals surface area contributed by atoms with Crippen LogP contribution in [0.3, 0.4) is 0 Å². The van der Waals surface area contributed by atoms with Gasteiger partial charge in [-0.15, -0.1) is 0 Å². The number of benzene rings is 4. The van der Waals surface area contributed by atoms with Gasteiger partial charge in [-0.2, -0.15) is 0 Å². The van der Waals surface area contributed by atoms with Crippen molar-refractivity contribution in [3.8, 4) is 33.4 Å². The van der Waals surface area contributed by atoms with Crippen molar-refractivity contribution in [3.63, 3.8) is 0 Å². The Hall–Kier alpha value is -2.83. The molecule has 4 rings (SSSR count). The van der Waals surface area contributed by atoms with Crippen molar-refractivity contribution in [2.24, 2.45) is 0 Å². The van der Waals surface area contributed by atoms with Crippen LogP contribution in [0.4, 0.5) is 0 Å². The maximum atomic E-state index is 6.67. The Morgan fingerprint density at radius 1 is 0.400 bits per heavy atom. The van der Waals surface area contributed by atoms with E-state index in [4.69, 9.17) is 11.6 Å². The van der Waals surface area contributed by atoms with E-state index in [0.29, 0.717) is 0 Å². The maximum Gasteiger partial charge on any atom is 0.0491 e. The van der Waals surface area contributed by atoms with Gasteiger partial charge in [0.05, 0.1) is 0 Å². The summed E-state index contributed by atoms with van der Waals surface area (Å²) in [5, 5.41) is 0.768. The summed E-state index contributed by atoms with van der Waals surface area (Å²) < 4.78 is 0. The summed E-state index contributed by atoms with van der Waals surface area (Å²) in [7, 11) is 0. The van der Waals surface area contributed by atoms with Gasteiger partial charge in [0.15, 0.2) is 0 Å². The molecule has 1 heteroatoms. The predicted molar refractivity (Wildman–Crippen MR) is 108 cm³/mol. The van der Waals surface area contributed by atoms with E-state index >= 15 is 0 Å². The zero-order valence-corrected chi connectivity index (χ0v) is 14.4. The highest BCUT2D eigenvalue weighted by Gasteiger charge is 2.13. The smallest absolute Gasteiger partial charge is 0.0491 e. The highest BCUT2D eigenvalue weighted by atomic mass is 35.5. The van der Waals surface area contributed by atoms with E-state index in [1.165, 1.54) is 16.7 Å².